The molecule has 2 unspecified atom stereocenters. The number of likely N-dealkylation sites (tertiary alicyclic amines) is 1. The zero-order valence-electron chi connectivity index (χ0n) is 10.0. The Balaban J connectivity index is 2.01. The van der Waals surface area contributed by atoms with Crippen LogP contribution >= 0.6 is 0 Å². The lowest BCUT2D eigenvalue weighted by molar-refractivity contribution is -0.142. The maximum Gasteiger partial charge on any atom is 0.320 e. The van der Waals surface area contributed by atoms with Crippen LogP contribution in [-0.2, 0) is 4.79 Å². The highest BCUT2D eigenvalue weighted by Gasteiger charge is 2.39. The number of hydrogen-bond donors (Lipinski definition) is 1. The van der Waals surface area contributed by atoms with Crippen LogP contribution in [0.1, 0.15) is 19.8 Å². The van der Waals surface area contributed by atoms with Crippen LogP contribution in [0.3, 0.4) is 0 Å². The number of carbonyl (C=O) groups is 2. The van der Waals surface area contributed by atoms with Gasteiger partial charge in [-0.3, -0.25) is 4.79 Å². The van der Waals surface area contributed by atoms with E-state index in [1.807, 2.05) is 13.0 Å². The molecule has 0 aromatic heterocycles. The van der Waals surface area contributed by atoms with Crippen molar-refractivity contribution < 1.29 is 14.7 Å². The van der Waals surface area contributed by atoms with Crippen LogP contribution in [0.15, 0.2) is 12.2 Å². The van der Waals surface area contributed by atoms with E-state index in [4.69, 9.17) is 5.11 Å². The molecule has 2 amide bonds. The Morgan fingerprint density at radius 3 is 2.59 bits per heavy atom. The van der Waals surface area contributed by atoms with Crippen molar-refractivity contribution in [3.63, 3.8) is 0 Å². The number of hydrogen-bond acceptors (Lipinski definition) is 2. The van der Waals surface area contributed by atoms with E-state index >= 15 is 0 Å². The lowest BCUT2D eigenvalue weighted by Gasteiger charge is -2.31. The normalized spacial score (nSPS) is 28.5. The Morgan fingerprint density at radius 2 is 2.06 bits per heavy atom. The van der Waals surface area contributed by atoms with E-state index in [2.05, 4.69) is 6.08 Å². The maximum absolute atomic E-state index is 12.2. The molecule has 2 aliphatic rings. The summed E-state index contributed by atoms with van der Waals surface area (Å²) in [6, 6.07) is -0.225. The standard InChI is InChI=1S/C12H18N2O3/c1-9-10(11(15)16)5-8-14(9)12(17)13-6-3-2-4-7-13/h2-3,9-10H,4-8H2,1H3,(H,15,16). The molecule has 0 aromatic rings. The molecule has 5 nitrogen and oxygen atoms in total. The van der Waals surface area contributed by atoms with Crippen LogP contribution in [0, 0.1) is 5.92 Å². The SMILES string of the molecule is CC1C(C(=O)O)CCN1C(=O)N1CC=CCC1. The molecule has 0 aromatic carbocycles. The molecular weight excluding hydrogens is 220 g/mol. The quantitative estimate of drug-likeness (QED) is 0.697. The third kappa shape index (κ3) is 2.28. The first-order valence-electron chi connectivity index (χ1n) is 6.04. The molecule has 2 heterocycles. The first-order chi connectivity index (χ1) is 8.11. The van der Waals surface area contributed by atoms with Crippen molar-refractivity contribution in [1.82, 2.24) is 9.80 Å². The summed E-state index contributed by atoms with van der Waals surface area (Å²) in [6.07, 6.45) is 5.50. The number of carboxylic acids is 1. The third-order valence-electron chi connectivity index (χ3n) is 3.65. The second-order valence-corrected chi connectivity index (χ2v) is 4.66. The zero-order chi connectivity index (χ0) is 12.4. The average Bonchev–Trinajstić information content (AvgIpc) is 2.71. The van der Waals surface area contributed by atoms with E-state index in [1.54, 1.807) is 9.80 Å². The molecular formula is C12H18N2O3. The summed E-state index contributed by atoms with van der Waals surface area (Å²) >= 11 is 0. The van der Waals surface area contributed by atoms with Crippen molar-refractivity contribution in [2.24, 2.45) is 5.92 Å². The second-order valence-electron chi connectivity index (χ2n) is 4.66. The van der Waals surface area contributed by atoms with E-state index in [-0.39, 0.29) is 12.1 Å². The van der Waals surface area contributed by atoms with Crippen LogP contribution in [0.2, 0.25) is 0 Å². The molecule has 1 N–H and O–H groups in total. The Bertz CT molecular complexity index is 354. The predicted octanol–water partition coefficient (Wildman–Crippen LogP) is 1.16. The number of carbonyl (C=O) groups excluding carboxylic acids is 1. The molecule has 0 bridgehead atoms. The highest BCUT2D eigenvalue weighted by Crippen LogP contribution is 2.25. The minimum Gasteiger partial charge on any atom is -0.481 e. The number of rotatable bonds is 1. The Kier molecular flexibility index (Phi) is 3.36. The molecule has 5 heteroatoms. The van der Waals surface area contributed by atoms with E-state index in [0.717, 1.165) is 13.0 Å². The molecule has 2 atom stereocenters. The van der Waals surface area contributed by atoms with Gasteiger partial charge >= 0.3 is 12.0 Å². The van der Waals surface area contributed by atoms with Crippen LogP contribution in [-0.4, -0.2) is 52.6 Å². The molecule has 2 rings (SSSR count). The molecule has 17 heavy (non-hydrogen) atoms. The largest absolute Gasteiger partial charge is 0.481 e. The molecule has 0 aliphatic carbocycles. The minimum absolute atomic E-state index is 0.0226. The minimum atomic E-state index is -0.800. The summed E-state index contributed by atoms with van der Waals surface area (Å²) in [5, 5.41) is 9.03. The van der Waals surface area contributed by atoms with Gasteiger partial charge in [0.2, 0.25) is 0 Å². The van der Waals surface area contributed by atoms with Gasteiger partial charge in [-0.25, -0.2) is 4.79 Å². The number of urea groups is 1. The fourth-order valence-corrected chi connectivity index (χ4v) is 2.54. The van der Waals surface area contributed by atoms with Gasteiger partial charge < -0.3 is 14.9 Å². The molecule has 0 spiro atoms. The Morgan fingerprint density at radius 1 is 1.29 bits per heavy atom. The van der Waals surface area contributed by atoms with Crippen LogP contribution < -0.4 is 0 Å². The van der Waals surface area contributed by atoms with E-state index in [9.17, 15) is 9.59 Å². The van der Waals surface area contributed by atoms with Gasteiger partial charge in [0.05, 0.1) is 5.92 Å². The van der Waals surface area contributed by atoms with Crippen molar-refractivity contribution in [3.8, 4) is 0 Å². The van der Waals surface area contributed by atoms with Gasteiger partial charge in [0.1, 0.15) is 0 Å². The topological polar surface area (TPSA) is 60.9 Å². The van der Waals surface area contributed by atoms with Crippen molar-refractivity contribution >= 4 is 12.0 Å². The fraction of sp³-hybridized carbons (Fsp3) is 0.667. The molecule has 1 saturated heterocycles. The van der Waals surface area contributed by atoms with Crippen molar-refractivity contribution in [1.29, 1.82) is 0 Å². The number of carboxylic acid groups (broad SMARTS) is 1. The predicted molar refractivity (Wildman–Crippen MR) is 62.6 cm³/mol. The average molecular weight is 238 g/mol. The first-order valence-corrected chi connectivity index (χ1v) is 6.04. The maximum atomic E-state index is 12.2. The summed E-state index contributed by atoms with van der Waals surface area (Å²) in [6.45, 7) is 3.75. The van der Waals surface area contributed by atoms with Gasteiger partial charge in [-0.15, -0.1) is 0 Å². The summed E-state index contributed by atoms with van der Waals surface area (Å²) in [4.78, 5) is 26.7. The van der Waals surface area contributed by atoms with Crippen LogP contribution in [0.5, 0.6) is 0 Å². The fourth-order valence-electron chi connectivity index (χ4n) is 2.54. The molecule has 2 aliphatic heterocycles. The van der Waals surface area contributed by atoms with Gasteiger partial charge in [-0.1, -0.05) is 12.2 Å². The lowest BCUT2D eigenvalue weighted by atomic mass is 10.0. The highest BCUT2D eigenvalue weighted by atomic mass is 16.4. The van der Waals surface area contributed by atoms with Gasteiger partial charge in [0.15, 0.2) is 0 Å². The second kappa shape index (κ2) is 4.77. The number of nitrogens with zero attached hydrogens (tertiary/aromatic N) is 2. The van der Waals surface area contributed by atoms with Crippen LogP contribution in [0.4, 0.5) is 4.79 Å². The molecule has 1 fully saturated rings. The van der Waals surface area contributed by atoms with Gasteiger partial charge in [-0.05, 0) is 19.8 Å². The van der Waals surface area contributed by atoms with Gasteiger partial charge in [-0.2, -0.15) is 0 Å². The molecule has 0 radical (unpaired) electrons. The summed E-state index contributed by atoms with van der Waals surface area (Å²) in [5.74, 6) is -1.22. The van der Waals surface area contributed by atoms with E-state index in [1.165, 1.54) is 0 Å². The highest BCUT2D eigenvalue weighted by molar-refractivity contribution is 5.78. The number of amides is 2. The smallest absolute Gasteiger partial charge is 0.320 e. The molecule has 94 valence electrons. The summed E-state index contributed by atoms with van der Waals surface area (Å²) < 4.78 is 0. The molecule has 0 saturated carbocycles. The Labute approximate surface area is 101 Å². The van der Waals surface area contributed by atoms with Crippen molar-refractivity contribution in [3.05, 3.63) is 12.2 Å². The van der Waals surface area contributed by atoms with E-state index in [0.29, 0.717) is 19.5 Å². The van der Waals surface area contributed by atoms with Crippen molar-refractivity contribution in [2.45, 2.75) is 25.8 Å². The van der Waals surface area contributed by atoms with Crippen molar-refractivity contribution in [2.75, 3.05) is 19.6 Å². The number of aliphatic carboxylic acids is 1. The Hall–Kier alpha value is -1.52. The first kappa shape index (κ1) is 12.0. The van der Waals surface area contributed by atoms with E-state index < -0.39 is 11.9 Å². The monoisotopic (exact) mass is 238 g/mol. The summed E-state index contributed by atoms with van der Waals surface area (Å²) in [7, 11) is 0. The lowest BCUT2D eigenvalue weighted by Crippen LogP contribution is -2.47. The zero-order valence-corrected chi connectivity index (χ0v) is 10.0. The third-order valence-corrected chi connectivity index (χ3v) is 3.65. The summed E-state index contributed by atoms with van der Waals surface area (Å²) in [5.41, 5.74) is 0. The van der Waals surface area contributed by atoms with Gasteiger partial charge in [0.25, 0.3) is 0 Å². The van der Waals surface area contributed by atoms with Gasteiger partial charge in [0, 0.05) is 25.7 Å². The van der Waals surface area contributed by atoms with Crippen LogP contribution in [0.25, 0.3) is 0 Å².